The SMILES string of the molecule is COc1ccc(C2C(C(=O)c3ccc(C#N)cc3)C(c3ccc(C#N)cc3)N(C(=O)C3CCCCC3)C2C(=O)O)cc1OC. The van der Waals surface area contributed by atoms with E-state index in [1.165, 1.54) is 19.1 Å². The van der Waals surface area contributed by atoms with Crippen molar-refractivity contribution in [2.75, 3.05) is 14.2 Å². The van der Waals surface area contributed by atoms with Crippen LogP contribution in [0, 0.1) is 34.5 Å². The number of amides is 1. The monoisotopic (exact) mass is 591 g/mol. The van der Waals surface area contributed by atoms with Gasteiger partial charge in [0.15, 0.2) is 17.3 Å². The Kier molecular flexibility index (Phi) is 8.96. The van der Waals surface area contributed by atoms with Crippen molar-refractivity contribution in [2.24, 2.45) is 11.8 Å². The Hall–Kier alpha value is -5.15. The normalized spacial score (nSPS) is 21.6. The highest BCUT2D eigenvalue weighted by Gasteiger charge is 2.58. The maximum Gasteiger partial charge on any atom is 0.327 e. The van der Waals surface area contributed by atoms with Crippen LogP contribution < -0.4 is 9.47 Å². The predicted molar refractivity (Wildman–Crippen MR) is 160 cm³/mol. The summed E-state index contributed by atoms with van der Waals surface area (Å²) in [6, 6.07) is 19.7. The van der Waals surface area contributed by atoms with Crippen molar-refractivity contribution in [3.05, 3.63) is 94.5 Å². The molecule has 1 saturated carbocycles. The van der Waals surface area contributed by atoms with E-state index in [1.807, 2.05) is 0 Å². The molecule has 3 aromatic carbocycles. The molecule has 224 valence electrons. The van der Waals surface area contributed by atoms with Crippen LogP contribution in [0.2, 0.25) is 0 Å². The highest BCUT2D eigenvalue weighted by molar-refractivity contribution is 6.01. The van der Waals surface area contributed by atoms with Crippen LogP contribution in [0.4, 0.5) is 0 Å². The summed E-state index contributed by atoms with van der Waals surface area (Å²) < 4.78 is 11.0. The van der Waals surface area contributed by atoms with E-state index in [4.69, 9.17) is 9.47 Å². The molecule has 1 saturated heterocycles. The number of rotatable bonds is 8. The van der Waals surface area contributed by atoms with Gasteiger partial charge in [-0.15, -0.1) is 0 Å². The van der Waals surface area contributed by atoms with E-state index >= 15 is 0 Å². The number of aliphatic carboxylic acids is 1. The molecule has 2 fully saturated rings. The second-order valence-electron chi connectivity index (χ2n) is 11.3. The molecule has 5 rings (SSSR count). The van der Waals surface area contributed by atoms with E-state index in [9.17, 15) is 30.0 Å². The predicted octanol–water partition coefficient (Wildman–Crippen LogP) is 5.65. The van der Waals surface area contributed by atoms with Crippen LogP contribution in [0.3, 0.4) is 0 Å². The topological polar surface area (TPSA) is 141 Å². The standard InChI is InChI=1S/C35H33N3O6/c1-43-27-17-16-26(18-28(27)44-2)29-30(33(39)24-14-10-22(20-37)11-15-24)31(23-12-8-21(19-36)9-13-23)38(32(29)35(41)42)34(40)25-6-4-3-5-7-25/h8-18,25,29-32H,3-7H2,1-2H3,(H,41,42). The molecule has 1 aliphatic carbocycles. The smallest absolute Gasteiger partial charge is 0.327 e. The third-order valence-corrected chi connectivity index (χ3v) is 8.90. The average molecular weight is 592 g/mol. The molecule has 1 amide bonds. The Morgan fingerprint density at radius 3 is 1.91 bits per heavy atom. The lowest BCUT2D eigenvalue weighted by atomic mass is 9.76. The van der Waals surface area contributed by atoms with Gasteiger partial charge in [-0.1, -0.05) is 49.6 Å². The summed E-state index contributed by atoms with van der Waals surface area (Å²) in [7, 11) is 2.97. The molecule has 4 unspecified atom stereocenters. The van der Waals surface area contributed by atoms with Gasteiger partial charge in [0.1, 0.15) is 6.04 Å². The van der Waals surface area contributed by atoms with Crippen LogP contribution >= 0.6 is 0 Å². The summed E-state index contributed by atoms with van der Waals surface area (Å²) in [6.07, 6.45) is 4.06. The maximum absolute atomic E-state index is 14.6. The first-order valence-electron chi connectivity index (χ1n) is 14.6. The summed E-state index contributed by atoms with van der Waals surface area (Å²) >= 11 is 0. The number of carbonyl (C=O) groups is 3. The number of carboxylic acids is 1. The third kappa shape index (κ3) is 5.61. The Bertz CT molecular complexity index is 1630. The number of carboxylic acid groups (broad SMARTS) is 1. The number of nitriles is 2. The Labute approximate surface area is 256 Å². The van der Waals surface area contributed by atoms with Crippen molar-refractivity contribution in [3.8, 4) is 23.6 Å². The largest absolute Gasteiger partial charge is 0.493 e. The highest BCUT2D eigenvalue weighted by atomic mass is 16.5. The van der Waals surface area contributed by atoms with Gasteiger partial charge in [-0.05, 0) is 60.4 Å². The molecule has 1 aliphatic heterocycles. The molecule has 44 heavy (non-hydrogen) atoms. The van der Waals surface area contributed by atoms with Crippen molar-refractivity contribution in [2.45, 2.75) is 50.1 Å². The fourth-order valence-electron chi connectivity index (χ4n) is 6.80. The lowest BCUT2D eigenvalue weighted by Gasteiger charge is -2.34. The van der Waals surface area contributed by atoms with Gasteiger partial charge in [-0.2, -0.15) is 10.5 Å². The summed E-state index contributed by atoms with van der Waals surface area (Å²) in [4.78, 5) is 43.7. The van der Waals surface area contributed by atoms with Crippen LogP contribution in [0.1, 0.15) is 76.7 Å². The van der Waals surface area contributed by atoms with Crippen molar-refractivity contribution in [1.29, 1.82) is 10.5 Å². The van der Waals surface area contributed by atoms with E-state index in [2.05, 4.69) is 12.1 Å². The molecule has 0 radical (unpaired) electrons. The van der Waals surface area contributed by atoms with E-state index < -0.39 is 29.9 Å². The average Bonchev–Trinajstić information content (AvgIpc) is 3.44. The van der Waals surface area contributed by atoms with Crippen molar-refractivity contribution in [1.82, 2.24) is 4.90 Å². The van der Waals surface area contributed by atoms with Gasteiger partial charge in [0.25, 0.3) is 0 Å². The fraction of sp³-hybridized carbons (Fsp3) is 0.343. The minimum Gasteiger partial charge on any atom is -0.493 e. The zero-order valence-corrected chi connectivity index (χ0v) is 24.6. The Balaban J connectivity index is 1.76. The zero-order valence-electron chi connectivity index (χ0n) is 24.6. The number of benzene rings is 3. The van der Waals surface area contributed by atoms with Crippen molar-refractivity contribution < 1.29 is 29.0 Å². The van der Waals surface area contributed by atoms with Crippen LogP contribution in [0.15, 0.2) is 66.7 Å². The van der Waals surface area contributed by atoms with Gasteiger partial charge >= 0.3 is 5.97 Å². The van der Waals surface area contributed by atoms with E-state index in [0.29, 0.717) is 52.2 Å². The number of nitrogens with zero attached hydrogens (tertiary/aromatic N) is 3. The molecule has 0 spiro atoms. The minimum atomic E-state index is -1.37. The molecular weight excluding hydrogens is 558 g/mol. The first kappa shape index (κ1) is 30.3. The molecule has 9 nitrogen and oxygen atoms in total. The molecule has 2 aliphatic rings. The van der Waals surface area contributed by atoms with Crippen LogP contribution in [-0.2, 0) is 9.59 Å². The van der Waals surface area contributed by atoms with Gasteiger partial charge < -0.3 is 19.5 Å². The summed E-state index contributed by atoms with van der Waals surface area (Å²) in [5.41, 5.74) is 2.16. The Morgan fingerprint density at radius 1 is 0.795 bits per heavy atom. The number of hydrogen-bond donors (Lipinski definition) is 1. The fourth-order valence-corrected chi connectivity index (χ4v) is 6.80. The first-order chi connectivity index (χ1) is 21.3. The molecular formula is C35H33N3O6. The number of Topliss-reactive ketones (excluding diaryl/α,β-unsaturated/α-hetero) is 1. The Morgan fingerprint density at radius 2 is 1.36 bits per heavy atom. The maximum atomic E-state index is 14.6. The first-order valence-corrected chi connectivity index (χ1v) is 14.6. The number of methoxy groups -OCH3 is 2. The van der Waals surface area contributed by atoms with E-state index in [0.717, 1.165) is 19.3 Å². The number of hydrogen-bond acceptors (Lipinski definition) is 7. The van der Waals surface area contributed by atoms with Gasteiger partial charge in [0.2, 0.25) is 5.91 Å². The van der Waals surface area contributed by atoms with Gasteiger partial charge in [0, 0.05) is 17.4 Å². The number of carbonyl (C=O) groups excluding carboxylic acids is 2. The zero-order chi connectivity index (χ0) is 31.4. The van der Waals surface area contributed by atoms with Crippen LogP contribution in [-0.4, -0.2) is 47.9 Å². The van der Waals surface area contributed by atoms with Gasteiger partial charge in [-0.25, -0.2) is 4.79 Å². The number of likely N-dealkylation sites (tertiary alicyclic amines) is 1. The molecule has 0 aromatic heterocycles. The minimum absolute atomic E-state index is 0.285. The van der Waals surface area contributed by atoms with E-state index in [1.54, 1.807) is 66.7 Å². The number of ether oxygens (including phenoxy) is 2. The summed E-state index contributed by atoms with van der Waals surface area (Å²) in [5.74, 6) is -3.38. The highest BCUT2D eigenvalue weighted by Crippen LogP contribution is 2.53. The van der Waals surface area contributed by atoms with Crippen molar-refractivity contribution in [3.63, 3.8) is 0 Å². The molecule has 0 bridgehead atoms. The van der Waals surface area contributed by atoms with Crippen LogP contribution in [0.25, 0.3) is 0 Å². The molecule has 1 heterocycles. The van der Waals surface area contributed by atoms with Gasteiger partial charge in [0.05, 0.1) is 49.4 Å². The van der Waals surface area contributed by atoms with Gasteiger partial charge in [-0.3, -0.25) is 9.59 Å². The second kappa shape index (κ2) is 13.0. The van der Waals surface area contributed by atoms with E-state index in [-0.39, 0.29) is 17.6 Å². The summed E-state index contributed by atoms with van der Waals surface area (Å²) in [5, 5.41) is 29.6. The quantitative estimate of drug-likeness (QED) is 0.332. The molecule has 1 N–H and O–H groups in total. The molecule has 9 heteroatoms. The number of ketones is 1. The second-order valence-corrected chi connectivity index (χ2v) is 11.3. The van der Waals surface area contributed by atoms with Crippen molar-refractivity contribution >= 4 is 17.7 Å². The third-order valence-electron chi connectivity index (χ3n) is 8.90. The lowest BCUT2D eigenvalue weighted by molar-refractivity contribution is -0.152. The van der Waals surface area contributed by atoms with Crippen LogP contribution in [0.5, 0.6) is 11.5 Å². The molecule has 4 atom stereocenters. The summed E-state index contributed by atoms with van der Waals surface area (Å²) in [6.45, 7) is 0. The lowest BCUT2D eigenvalue weighted by Crippen LogP contribution is -2.46. The molecule has 3 aromatic rings.